The molecule has 2 aromatic carbocycles. The van der Waals surface area contributed by atoms with Crippen LogP contribution >= 0.6 is 11.3 Å². The van der Waals surface area contributed by atoms with E-state index in [-0.39, 0.29) is 5.56 Å². The van der Waals surface area contributed by atoms with E-state index in [0.717, 1.165) is 39.3 Å². The third-order valence-electron chi connectivity index (χ3n) is 3.69. The Hall–Kier alpha value is -2.60. The first-order chi connectivity index (χ1) is 12.0. The van der Waals surface area contributed by atoms with Crippen molar-refractivity contribution in [2.75, 3.05) is 6.54 Å². The number of amides is 1. The minimum Gasteiger partial charge on any atom is -0.352 e. The standard InChI is InChI=1S/C19H16F2N2OS/c1-12-18(13-5-3-2-4-6-13)23-17(25-12)9-10-22-19(24)15-11-14(20)7-8-16(15)21/h2-8,11H,9-10H2,1H3,(H,22,24). The zero-order valence-electron chi connectivity index (χ0n) is 13.6. The molecule has 0 unspecified atom stereocenters. The molecule has 0 saturated carbocycles. The van der Waals surface area contributed by atoms with Gasteiger partial charge in [0.1, 0.15) is 11.6 Å². The third kappa shape index (κ3) is 4.09. The SMILES string of the molecule is Cc1sc(CCNC(=O)c2cc(F)ccc2F)nc1-c1ccccc1. The number of aryl methyl sites for hydroxylation is 1. The molecule has 0 spiro atoms. The van der Waals surface area contributed by atoms with Crippen molar-refractivity contribution in [1.29, 1.82) is 0 Å². The van der Waals surface area contributed by atoms with Gasteiger partial charge in [-0.3, -0.25) is 4.79 Å². The molecule has 0 radical (unpaired) electrons. The van der Waals surface area contributed by atoms with E-state index in [2.05, 4.69) is 10.3 Å². The van der Waals surface area contributed by atoms with Crippen LogP contribution in [-0.4, -0.2) is 17.4 Å². The van der Waals surface area contributed by atoms with Crippen LogP contribution in [-0.2, 0) is 6.42 Å². The molecule has 0 aliphatic rings. The van der Waals surface area contributed by atoms with Gasteiger partial charge in [0, 0.05) is 23.4 Å². The molecule has 0 fully saturated rings. The van der Waals surface area contributed by atoms with E-state index in [4.69, 9.17) is 0 Å². The van der Waals surface area contributed by atoms with Gasteiger partial charge in [-0.15, -0.1) is 11.3 Å². The molecular formula is C19H16F2N2OS. The van der Waals surface area contributed by atoms with Gasteiger partial charge in [-0.1, -0.05) is 30.3 Å². The molecule has 0 aliphatic carbocycles. The second-order valence-corrected chi connectivity index (χ2v) is 6.80. The van der Waals surface area contributed by atoms with Crippen LogP contribution in [0, 0.1) is 18.6 Å². The van der Waals surface area contributed by atoms with Gasteiger partial charge in [0.15, 0.2) is 0 Å². The van der Waals surface area contributed by atoms with Crippen LogP contribution in [0.1, 0.15) is 20.2 Å². The van der Waals surface area contributed by atoms with Crippen molar-refractivity contribution in [3.05, 3.63) is 75.6 Å². The number of hydrogen-bond acceptors (Lipinski definition) is 3. The monoisotopic (exact) mass is 358 g/mol. The van der Waals surface area contributed by atoms with Crippen LogP contribution in [0.25, 0.3) is 11.3 Å². The number of aromatic nitrogens is 1. The quantitative estimate of drug-likeness (QED) is 0.736. The molecular weight excluding hydrogens is 342 g/mol. The molecule has 1 aromatic heterocycles. The zero-order valence-corrected chi connectivity index (χ0v) is 14.4. The van der Waals surface area contributed by atoms with Gasteiger partial charge in [0.25, 0.3) is 5.91 Å². The predicted octanol–water partition coefficient (Wildman–Crippen LogP) is 4.37. The molecule has 1 amide bonds. The van der Waals surface area contributed by atoms with Gasteiger partial charge >= 0.3 is 0 Å². The topological polar surface area (TPSA) is 42.0 Å². The lowest BCUT2D eigenvalue weighted by molar-refractivity contribution is 0.0949. The van der Waals surface area contributed by atoms with E-state index < -0.39 is 17.5 Å². The summed E-state index contributed by atoms with van der Waals surface area (Å²) in [6.45, 7) is 2.31. The number of carbonyl (C=O) groups excluding carboxylic acids is 1. The fourth-order valence-electron chi connectivity index (χ4n) is 2.47. The van der Waals surface area contributed by atoms with Crippen LogP contribution in [0.3, 0.4) is 0 Å². The lowest BCUT2D eigenvalue weighted by Gasteiger charge is -2.05. The van der Waals surface area contributed by atoms with Crippen molar-refractivity contribution in [2.45, 2.75) is 13.3 Å². The maximum absolute atomic E-state index is 13.6. The molecule has 25 heavy (non-hydrogen) atoms. The Kier molecular flexibility index (Phi) is 5.19. The van der Waals surface area contributed by atoms with Gasteiger partial charge in [-0.2, -0.15) is 0 Å². The van der Waals surface area contributed by atoms with Crippen LogP contribution in [0.4, 0.5) is 8.78 Å². The van der Waals surface area contributed by atoms with Crippen molar-refractivity contribution in [3.8, 4) is 11.3 Å². The van der Waals surface area contributed by atoms with E-state index in [9.17, 15) is 13.6 Å². The second kappa shape index (κ2) is 7.53. The Balaban J connectivity index is 1.63. The maximum Gasteiger partial charge on any atom is 0.254 e. The van der Waals surface area contributed by atoms with Crippen LogP contribution in [0.2, 0.25) is 0 Å². The summed E-state index contributed by atoms with van der Waals surface area (Å²) in [5, 5.41) is 3.49. The molecule has 0 saturated heterocycles. The Labute approximate surface area is 148 Å². The summed E-state index contributed by atoms with van der Waals surface area (Å²) < 4.78 is 26.7. The fraction of sp³-hybridized carbons (Fsp3) is 0.158. The van der Waals surface area contributed by atoms with E-state index in [1.54, 1.807) is 11.3 Å². The molecule has 1 N–H and O–H groups in total. The lowest BCUT2D eigenvalue weighted by atomic mass is 10.1. The zero-order chi connectivity index (χ0) is 17.8. The van der Waals surface area contributed by atoms with E-state index >= 15 is 0 Å². The summed E-state index contributed by atoms with van der Waals surface area (Å²) in [7, 11) is 0. The van der Waals surface area contributed by atoms with Gasteiger partial charge in [-0.25, -0.2) is 13.8 Å². The van der Waals surface area contributed by atoms with Crippen molar-refractivity contribution >= 4 is 17.2 Å². The van der Waals surface area contributed by atoms with Crippen molar-refractivity contribution in [2.24, 2.45) is 0 Å². The highest BCUT2D eigenvalue weighted by atomic mass is 32.1. The second-order valence-electron chi connectivity index (χ2n) is 5.51. The summed E-state index contributed by atoms with van der Waals surface area (Å²) in [6, 6.07) is 12.7. The molecule has 3 nitrogen and oxygen atoms in total. The lowest BCUT2D eigenvalue weighted by Crippen LogP contribution is -2.26. The smallest absolute Gasteiger partial charge is 0.254 e. The average Bonchev–Trinajstić information content (AvgIpc) is 2.98. The Morgan fingerprint density at radius 2 is 1.92 bits per heavy atom. The third-order valence-corrected chi connectivity index (χ3v) is 4.72. The first-order valence-corrected chi connectivity index (χ1v) is 8.61. The van der Waals surface area contributed by atoms with Crippen molar-refractivity contribution in [1.82, 2.24) is 10.3 Å². The van der Waals surface area contributed by atoms with Gasteiger partial charge in [-0.05, 0) is 25.1 Å². The molecule has 0 bridgehead atoms. The fourth-order valence-corrected chi connectivity index (χ4v) is 3.43. The van der Waals surface area contributed by atoms with E-state index in [1.165, 1.54) is 0 Å². The molecule has 128 valence electrons. The number of benzene rings is 2. The first-order valence-electron chi connectivity index (χ1n) is 7.79. The predicted molar refractivity (Wildman–Crippen MR) is 94.7 cm³/mol. The van der Waals surface area contributed by atoms with E-state index in [0.29, 0.717) is 13.0 Å². The molecule has 3 aromatic rings. The molecule has 6 heteroatoms. The van der Waals surface area contributed by atoms with Gasteiger partial charge in [0.2, 0.25) is 0 Å². The van der Waals surface area contributed by atoms with Crippen LogP contribution in [0.15, 0.2) is 48.5 Å². The number of thiazole rings is 1. The van der Waals surface area contributed by atoms with E-state index in [1.807, 2.05) is 37.3 Å². The summed E-state index contributed by atoms with van der Waals surface area (Å²) in [6.07, 6.45) is 0.529. The Morgan fingerprint density at radius 1 is 1.16 bits per heavy atom. The highest BCUT2D eigenvalue weighted by Crippen LogP contribution is 2.27. The van der Waals surface area contributed by atoms with Crippen molar-refractivity contribution in [3.63, 3.8) is 0 Å². The number of carbonyl (C=O) groups is 1. The van der Waals surface area contributed by atoms with Gasteiger partial charge in [0.05, 0.1) is 16.3 Å². The molecule has 0 atom stereocenters. The van der Waals surface area contributed by atoms with Crippen LogP contribution in [0.5, 0.6) is 0 Å². The number of rotatable bonds is 5. The molecule has 0 aliphatic heterocycles. The highest BCUT2D eigenvalue weighted by Gasteiger charge is 2.13. The maximum atomic E-state index is 13.6. The normalized spacial score (nSPS) is 10.7. The Morgan fingerprint density at radius 3 is 2.68 bits per heavy atom. The molecule has 3 rings (SSSR count). The summed E-state index contributed by atoms with van der Waals surface area (Å²) in [5.41, 5.74) is 1.69. The minimum atomic E-state index is -0.740. The van der Waals surface area contributed by atoms with Crippen molar-refractivity contribution < 1.29 is 13.6 Å². The summed E-state index contributed by atoms with van der Waals surface area (Å²) >= 11 is 1.57. The highest BCUT2D eigenvalue weighted by molar-refractivity contribution is 7.12. The van der Waals surface area contributed by atoms with Gasteiger partial charge < -0.3 is 5.32 Å². The first kappa shape index (κ1) is 17.2. The van der Waals surface area contributed by atoms with Crippen LogP contribution < -0.4 is 5.32 Å². The minimum absolute atomic E-state index is 0.291. The average molecular weight is 358 g/mol. The summed E-state index contributed by atoms with van der Waals surface area (Å²) in [5.74, 6) is -2.02. The largest absolute Gasteiger partial charge is 0.352 e. The Bertz CT molecular complexity index is 894. The number of nitrogens with one attached hydrogen (secondary N) is 1. The molecule has 1 heterocycles. The number of hydrogen-bond donors (Lipinski definition) is 1. The number of halogens is 2. The number of nitrogens with zero attached hydrogens (tertiary/aromatic N) is 1. The summed E-state index contributed by atoms with van der Waals surface area (Å²) in [4.78, 5) is 17.7.